The number of hydrogen-bond donors (Lipinski definition) is 3. The second kappa shape index (κ2) is 11.5. The van der Waals surface area contributed by atoms with Crippen LogP contribution in [-0.2, 0) is 4.74 Å². The summed E-state index contributed by atoms with van der Waals surface area (Å²) in [6.45, 7) is 3.60. The number of nitro benzene ring substituents is 1. The normalized spacial score (nSPS) is 23.4. The zero-order valence-corrected chi connectivity index (χ0v) is 25.4. The molecule has 0 unspecified atom stereocenters. The van der Waals surface area contributed by atoms with Gasteiger partial charge in [0, 0.05) is 60.7 Å². The highest BCUT2D eigenvalue weighted by Crippen LogP contribution is 2.50. The molecule has 11 nitrogen and oxygen atoms in total. The topological polar surface area (TPSA) is 135 Å². The van der Waals surface area contributed by atoms with E-state index in [4.69, 9.17) is 14.5 Å². The van der Waals surface area contributed by atoms with Crippen molar-refractivity contribution in [3.05, 3.63) is 57.9 Å². The minimum atomic E-state index is -1.32. The molecular formula is C33H33F3N6O5. The fraction of sp³-hybridized carbons (Fsp3) is 0.455. The molecule has 3 saturated heterocycles. The fourth-order valence-corrected chi connectivity index (χ4v) is 7.47. The number of halogens is 3. The molecule has 4 aliphatic rings. The fourth-order valence-electron chi connectivity index (χ4n) is 7.47. The molecule has 0 radical (unpaired) electrons. The summed E-state index contributed by atoms with van der Waals surface area (Å²) in [7, 11) is 0. The Morgan fingerprint density at radius 3 is 2.60 bits per heavy atom. The van der Waals surface area contributed by atoms with Crippen LogP contribution in [0.2, 0.25) is 0 Å². The van der Waals surface area contributed by atoms with Crippen molar-refractivity contribution < 1.29 is 32.7 Å². The van der Waals surface area contributed by atoms with E-state index in [1.165, 1.54) is 18.2 Å². The van der Waals surface area contributed by atoms with Crippen molar-refractivity contribution in [1.29, 1.82) is 0 Å². The molecule has 4 aromatic rings. The van der Waals surface area contributed by atoms with Gasteiger partial charge in [-0.1, -0.05) is 6.07 Å². The molecule has 246 valence electrons. The summed E-state index contributed by atoms with van der Waals surface area (Å²) < 4.78 is 58.8. The number of rotatable bonds is 8. The van der Waals surface area contributed by atoms with Crippen LogP contribution < -0.4 is 20.3 Å². The number of fused-ring (bicyclic) bond motifs is 4. The molecule has 0 amide bonds. The van der Waals surface area contributed by atoms with E-state index in [9.17, 15) is 19.6 Å². The number of anilines is 1. The van der Waals surface area contributed by atoms with E-state index in [1.54, 1.807) is 0 Å². The number of nitrogens with one attached hydrogen (secondary N) is 2. The number of nitrogens with zero attached hydrogens (tertiary/aromatic N) is 4. The van der Waals surface area contributed by atoms with E-state index in [1.807, 2.05) is 4.90 Å². The number of ether oxygens (including phenoxy) is 2. The lowest BCUT2D eigenvalue weighted by molar-refractivity contribution is -0.384. The maximum Gasteiger partial charge on any atom is 0.319 e. The molecule has 3 aromatic carbocycles. The molecule has 8 rings (SSSR count). The average Bonchev–Trinajstić information content (AvgIpc) is 3.74. The minimum absolute atomic E-state index is 0.0447. The van der Waals surface area contributed by atoms with Gasteiger partial charge in [0.1, 0.15) is 17.1 Å². The van der Waals surface area contributed by atoms with Gasteiger partial charge in [0.15, 0.2) is 17.5 Å². The maximum atomic E-state index is 17.0. The van der Waals surface area contributed by atoms with Crippen LogP contribution in [0.1, 0.15) is 32.1 Å². The second-order valence-corrected chi connectivity index (χ2v) is 13.3. The predicted octanol–water partition coefficient (Wildman–Crippen LogP) is 4.96. The predicted molar refractivity (Wildman–Crippen MR) is 167 cm³/mol. The molecular weight excluding hydrogens is 617 g/mol. The van der Waals surface area contributed by atoms with Gasteiger partial charge in [-0.25, -0.2) is 13.2 Å². The van der Waals surface area contributed by atoms with Crippen LogP contribution in [0.15, 0.2) is 30.3 Å². The number of aromatic hydroxyl groups is 1. The smallest absolute Gasteiger partial charge is 0.319 e. The Morgan fingerprint density at radius 2 is 1.89 bits per heavy atom. The largest absolute Gasteiger partial charge is 0.508 e. The average molecular weight is 651 g/mol. The van der Waals surface area contributed by atoms with Crippen molar-refractivity contribution in [1.82, 2.24) is 20.6 Å². The van der Waals surface area contributed by atoms with Crippen LogP contribution in [-0.4, -0.2) is 77.6 Å². The lowest BCUT2D eigenvalue weighted by Crippen LogP contribution is -2.51. The molecule has 4 heterocycles. The number of phenols is 1. The quantitative estimate of drug-likeness (QED) is 0.178. The molecule has 4 fully saturated rings. The zero-order valence-electron chi connectivity index (χ0n) is 25.4. The number of aromatic nitrogens is 2. The van der Waals surface area contributed by atoms with Gasteiger partial charge in [-0.2, -0.15) is 9.97 Å². The first-order valence-electron chi connectivity index (χ1n) is 15.9. The highest BCUT2D eigenvalue weighted by atomic mass is 19.2. The van der Waals surface area contributed by atoms with Gasteiger partial charge in [0.05, 0.1) is 35.2 Å². The lowest BCUT2D eigenvalue weighted by Gasteiger charge is -2.34. The van der Waals surface area contributed by atoms with Crippen LogP contribution in [0.5, 0.6) is 11.8 Å². The van der Waals surface area contributed by atoms with E-state index < -0.39 is 44.8 Å². The third-order valence-electron chi connectivity index (χ3n) is 9.97. The summed E-state index contributed by atoms with van der Waals surface area (Å²) in [6.07, 6.45) is 4.64. The monoisotopic (exact) mass is 650 g/mol. The highest BCUT2D eigenvalue weighted by molar-refractivity contribution is 6.04. The summed E-state index contributed by atoms with van der Waals surface area (Å²) in [5.74, 6) is -3.76. The first kappa shape index (κ1) is 30.1. The van der Waals surface area contributed by atoms with Gasteiger partial charge in [0.2, 0.25) is 0 Å². The molecule has 1 saturated carbocycles. The first-order valence-corrected chi connectivity index (χ1v) is 15.9. The molecule has 1 aromatic heterocycles. The SMILES string of the molecule is O=[N+]([O-])c1cc2c(N3C[C@H]4CC[C@@H](C3)N4)nc(OCC3(C[C@@H]4CNCCO4)CC3)nc2c(F)c1-c1cc(O)cc2ccc(F)c(F)c12. The van der Waals surface area contributed by atoms with Crippen molar-refractivity contribution >= 4 is 33.2 Å². The molecule has 14 heteroatoms. The van der Waals surface area contributed by atoms with Crippen LogP contribution in [0.4, 0.5) is 24.7 Å². The number of benzene rings is 3. The summed E-state index contributed by atoms with van der Waals surface area (Å²) in [5, 5.41) is 29.6. The molecule has 2 bridgehead atoms. The number of piperazine rings is 1. The summed E-state index contributed by atoms with van der Waals surface area (Å²) in [5.41, 5.74) is -2.07. The highest BCUT2D eigenvalue weighted by Gasteiger charge is 2.46. The lowest BCUT2D eigenvalue weighted by atomic mass is 9.94. The van der Waals surface area contributed by atoms with E-state index in [0.717, 1.165) is 57.3 Å². The zero-order chi connectivity index (χ0) is 32.4. The van der Waals surface area contributed by atoms with Crippen LogP contribution in [0, 0.1) is 33.0 Å². The molecule has 0 spiro atoms. The number of hydrogen-bond acceptors (Lipinski definition) is 10. The molecule has 3 aliphatic heterocycles. The van der Waals surface area contributed by atoms with Crippen molar-refractivity contribution in [2.45, 2.75) is 50.3 Å². The molecule has 3 N–H and O–H groups in total. The van der Waals surface area contributed by atoms with Crippen molar-refractivity contribution in [2.24, 2.45) is 5.41 Å². The Hall–Kier alpha value is -4.27. The third-order valence-corrected chi connectivity index (χ3v) is 9.97. The van der Waals surface area contributed by atoms with Gasteiger partial charge in [-0.05, 0) is 55.7 Å². The number of morpholine rings is 1. The standard InChI is InChI=1S/C33H33F3N6O5/c34-24-4-1-17-9-20(43)10-22(26(17)28(24)35)27-25(42(44)45)11-23-30(29(27)36)39-32(40-31(23)41-14-18-2-3-19(15-41)38-18)47-16-33(5-6-33)12-21-13-37-7-8-46-21/h1,4,9-11,18-19,21,37-38,43H,2-3,5-8,12-16H2/t18-,19+,21-/m1/s1. The van der Waals surface area contributed by atoms with Crippen molar-refractivity contribution in [3.8, 4) is 22.9 Å². The Kier molecular flexibility index (Phi) is 7.33. The third kappa shape index (κ3) is 5.47. The number of nitro groups is 1. The van der Waals surface area contributed by atoms with E-state index in [0.29, 0.717) is 25.5 Å². The Morgan fingerprint density at radius 1 is 1.11 bits per heavy atom. The first-order chi connectivity index (χ1) is 22.7. The van der Waals surface area contributed by atoms with Gasteiger partial charge in [-0.3, -0.25) is 10.1 Å². The van der Waals surface area contributed by atoms with E-state index in [-0.39, 0.29) is 58.1 Å². The van der Waals surface area contributed by atoms with Gasteiger partial charge in [0.25, 0.3) is 5.69 Å². The summed E-state index contributed by atoms with van der Waals surface area (Å²) in [4.78, 5) is 22.9. The summed E-state index contributed by atoms with van der Waals surface area (Å²) >= 11 is 0. The van der Waals surface area contributed by atoms with Crippen LogP contribution in [0.25, 0.3) is 32.8 Å². The Bertz CT molecular complexity index is 1910. The Balaban J connectivity index is 1.28. The van der Waals surface area contributed by atoms with Gasteiger partial charge in [-0.15, -0.1) is 0 Å². The maximum absolute atomic E-state index is 17.0. The van der Waals surface area contributed by atoms with Gasteiger partial charge >= 0.3 is 6.01 Å². The van der Waals surface area contributed by atoms with Crippen LogP contribution >= 0.6 is 0 Å². The minimum Gasteiger partial charge on any atom is -0.508 e. The molecule has 47 heavy (non-hydrogen) atoms. The van der Waals surface area contributed by atoms with Crippen molar-refractivity contribution in [2.75, 3.05) is 44.3 Å². The van der Waals surface area contributed by atoms with Crippen LogP contribution in [0.3, 0.4) is 0 Å². The Labute approximate surface area is 267 Å². The molecule has 3 atom stereocenters. The van der Waals surface area contributed by atoms with Crippen molar-refractivity contribution in [3.63, 3.8) is 0 Å². The molecule has 1 aliphatic carbocycles. The van der Waals surface area contributed by atoms with E-state index >= 15 is 8.78 Å². The number of phenolic OH excluding ortho intramolecular Hbond substituents is 1. The summed E-state index contributed by atoms with van der Waals surface area (Å²) in [6, 6.07) is 5.72. The second-order valence-electron chi connectivity index (χ2n) is 13.3. The van der Waals surface area contributed by atoms with E-state index in [2.05, 4.69) is 15.6 Å². The van der Waals surface area contributed by atoms with Gasteiger partial charge < -0.3 is 30.1 Å².